The highest BCUT2D eigenvalue weighted by Gasteiger charge is 2.35. The Morgan fingerprint density at radius 1 is 1.03 bits per heavy atom. The zero-order chi connectivity index (χ0) is 25.8. The van der Waals surface area contributed by atoms with Gasteiger partial charge in [-0.25, -0.2) is 8.78 Å². The number of alkyl halides is 5. The molecular formula is C25H30F5N5. The minimum absolute atomic E-state index is 0.120. The van der Waals surface area contributed by atoms with E-state index in [4.69, 9.17) is 0 Å². The van der Waals surface area contributed by atoms with Gasteiger partial charge in [-0.1, -0.05) is 18.2 Å². The number of nitrogens with one attached hydrogen (secondary N) is 2. The van der Waals surface area contributed by atoms with Gasteiger partial charge in [0, 0.05) is 36.0 Å². The van der Waals surface area contributed by atoms with Crippen LogP contribution in [0.3, 0.4) is 0 Å². The Kier molecular flexibility index (Phi) is 8.15. The van der Waals surface area contributed by atoms with Crippen molar-refractivity contribution in [1.82, 2.24) is 15.5 Å². The van der Waals surface area contributed by atoms with Crippen LogP contribution in [-0.4, -0.2) is 43.3 Å². The van der Waals surface area contributed by atoms with Gasteiger partial charge in [-0.2, -0.15) is 18.3 Å². The van der Waals surface area contributed by atoms with E-state index in [-0.39, 0.29) is 25.1 Å². The molecule has 5 nitrogen and oxygen atoms in total. The summed E-state index contributed by atoms with van der Waals surface area (Å²) in [7, 11) is 3.75. The lowest BCUT2D eigenvalue weighted by Crippen LogP contribution is -2.42. The summed E-state index contributed by atoms with van der Waals surface area (Å²) < 4.78 is 67.5. The molecule has 0 saturated carbocycles. The summed E-state index contributed by atoms with van der Waals surface area (Å²) in [4.78, 5) is 1.65. The quantitative estimate of drug-likeness (QED) is 0.438. The number of fused-ring (bicyclic) bond motifs is 1. The highest BCUT2D eigenvalue weighted by atomic mass is 19.4. The molecule has 3 aromatic rings. The van der Waals surface area contributed by atoms with Crippen molar-refractivity contribution in [1.29, 1.82) is 0 Å². The summed E-state index contributed by atoms with van der Waals surface area (Å²) in [6, 6.07) is 9.46. The lowest BCUT2D eigenvalue weighted by molar-refractivity contribution is -0.138. The van der Waals surface area contributed by atoms with Gasteiger partial charge in [0.1, 0.15) is 0 Å². The summed E-state index contributed by atoms with van der Waals surface area (Å²) in [5.41, 5.74) is 1.29. The van der Waals surface area contributed by atoms with Crippen LogP contribution < -0.4 is 15.5 Å². The number of benzene rings is 2. The Labute approximate surface area is 201 Å². The molecule has 10 heteroatoms. The number of aromatic nitrogens is 2. The molecule has 0 spiro atoms. The highest BCUT2D eigenvalue weighted by molar-refractivity contribution is 5.95. The van der Waals surface area contributed by atoms with Crippen molar-refractivity contribution in [2.75, 3.05) is 37.4 Å². The largest absolute Gasteiger partial charge is 0.416 e. The molecule has 4 rings (SSSR count). The summed E-state index contributed by atoms with van der Waals surface area (Å²) in [5, 5.41) is 15.7. The second kappa shape index (κ2) is 10.7. The number of anilines is 2. The second-order valence-electron chi connectivity index (χ2n) is 8.69. The van der Waals surface area contributed by atoms with Crippen molar-refractivity contribution < 1.29 is 22.0 Å². The maximum absolute atomic E-state index is 13.9. The van der Waals surface area contributed by atoms with E-state index < -0.39 is 17.7 Å². The second-order valence-corrected chi connectivity index (χ2v) is 8.69. The van der Waals surface area contributed by atoms with E-state index in [1.54, 1.807) is 30.0 Å². The molecule has 2 heterocycles. The van der Waals surface area contributed by atoms with E-state index in [0.717, 1.165) is 11.5 Å². The van der Waals surface area contributed by atoms with Crippen LogP contribution in [-0.2, 0) is 12.7 Å². The minimum atomic E-state index is -4.43. The van der Waals surface area contributed by atoms with Crippen LogP contribution in [0.1, 0.15) is 35.2 Å². The van der Waals surface area contributed by atoms with Gasteiger partial charge in [0.2, 0.25) is 0 Å². The number of hydrogen-bond acceptors (Lipinski definition) is 5. The predicted octanol–water partition coefficient (Wildman–Crippen LogP) is 5.95. The molecule has 0 unspecified atom stereocenters. The Bertz CT molecular complexity index is 1160. The minimum Gasteiger partial charge on any atom is -0.365 e. The summed E-state index contributed by atoms with van der Waals surface area (Å²) in [6.45, 7) is 3.54. The Morgan fingerprint density at radius 2 is 1.74 bits per heavy atom. The first-order valence-electron chi connectivity index (χ1n) is 11.3. The van der Waals surface area contributed by atoms with Crippen LogP contribution in [0.5, 0.6) is 0 Å². The van der Waals surface area contributed by atoms with Crippen LogP contribution >= 0.6 is 0 Å². The fourth-order valence-corrected chi connectivity index (χ4v) is 4.15. The topological polar surface area (TPSA) is 53.1 Å². The number of rotatable bonds is 4. The van der Waals surface area contributed by atoms with E-state index in [9.17, 15) is 22.0 Å². The van der Waals surface area contributed by atoms with Gasteiger partial charge in [0.15, 0.2) is 5.82 Å². The van der Waals surface area contributed by atoms with Gasteiger partial charge in [-0.05, 0) is 63.7 Å². The number of hydrogen-bond donors (Lipinski definition) is 2. The first kappa shape index (κ1) is 26.6. The van der Waals surface area contributed by atoms with Crippen LogP contribution in [0.15, 0.2) is 36.4 Å². The van der Waals surface area contributed by atoms with Crippen molar-refractivity contribution in [3.63, 3.8) is 0 Å². The van der Waals surface area contributed by atoms with Crippen LogP contribution in [0.4, 0.5) is 33.5 Å². The molecule has 2 aromatic carbocycles. The monoisotopic (exact) mass is 495 g/mol. The zero-order valence-electron chi connectivity index (χ0n) is 20.2. The molecule has 190 valence electrons. The lowest BCUT2D eigenvalue weighted by atomic mass is 10.0. The molecule has 0 atom stereocenters. The van der Waals surface area contributed by atoms with Crippen molar-refractivity contribution >= 4 is 22.3 Å². The average Bonchev–Trinajstić information content (AvgIpc) is 2.78. The molecular weight excluding hydrogens is 465 g/mol. The van der Waals surface area contributed by atoms with Crippen molar-refractivity contribution in [2.24, 2.45) is 0 Å². The fourth-order valence-electron chi connectivity index (χ4n) is 4.15. The van der Waals surface area contributed by atoms with E-state index in [0.29, 0.717) is 41.1 Å². The first-order valence-corrected chi connectivity index (χ1v) is 11.3. The summed E-state index contributed by atoms with van der Waals surface area (Å²) in [5.74, 6) is -2.34. The van der Waals surface area contributed by atoms with Gasteiger partial charge in [0.25, 0.3) is 5.92 Å². The van der Waals surface area contributed by atoms with Crippen LogP contribution in [0.2, 0.25) is 0 Å². The van der Waals surface area contributed by atoms with E-state index in [1.807, 2.05) is 20.2 Å². The molecule has 1 fully saturated rings. The molecule has 0 aliphatic carbocycles. The third-order valence-electron chi connectivity index (χ3n) is 5.90. The molecule has 0 bridgehead atoms. The molecule has 1 aromatic heterocycles. The van der Waals surface area contributed by atoms with Crippen LogP contribution in [0, 0.1) is 13.8 Å². The number of aryl methyl sites for hydroxylation is 1. The SMILES string of the molecule is CNC.Cc1c(CNc2nnc(C)c3ccc(N4CCCC(F)(F)C4)cc23)cccc1C(F)(F)F. The predicted molar refractivity (Wildman–Crippen MR) is 129 cm³/mol. The summed E-state index contributed by atoms with van der Waals surface area (Å²) >= 11 is 0. The molecule has 1 aliphatic rings. The third kappa shape index (κ3) is 6.36. The first-order chi connectivity index (χ1) is 16.5. The maximum atomic E-state index is 13.9. The molecule has 2 N–H and O–H groups in total. The van der Waals surface area contributed by atoms with Gasteiger partial charge < -0.3 is 15.5 Å². The Hall–Kier alpha value is -3.01. The molecule has 1 aliphatic heterocycles. The zero-order valence-corrected chi connectivity index (χ0v) is 20.2. The molecule has 0 radical (unpaired) electrons. The number of halogens is 5. The van der Waals surface area contributed by atoms with Gasteiger partial charge >= 0.3 is 6.18 Å². The summed E-state index contributed by atoms with van der Waals surface area (Å²) in [6.07, 6.45) is -4.15. The standard InChI is InChI=1S/C23H23F5N4.C2H7N/c1-14-16(5-3-6-20(14)23(26,27)28)12-29-21-19-11-17(7-8-18(19)15(2)30-31-21)32-10-4-9-22(24,25)13-32;1-3-2/h3,5-8,11H,4,9-10,12-13H2,1-2H3,(H,29,31);3H,1-2H3. The van der Waals surface area contributed by atoms with E-state index in [2.05, 4.69) is 20.8 Å². The third-order valence-corrected chi connectivity index (χ3v) is 5.90. The molecule has 35 heavy (non-hydrogen) atoms. The number of nitrogens with zero attached hydrogens (tertiary/aromatic N) is 3. The van der Waals surface area contributed by atoms with Crippen LogP contribution in [0.25, 0.3) is 10.8 Å². The van der Waals surface area contributed by atoms with Gasteiger partial charge in [-0.15, -0.1) is 5.10 Å². The van der Waals surface area contributed by atoms with Gasteiger partial charge in [-0.3, -0.25) is 0 Å². The molecule has 0 amide bonds. The van der Waals surface area contributed by atoms with E-state index >= 15 is 0 Å². The highest BCUT2D eigenvalue weighted by Crippen LogP contribution is 2.35. The van der Waals surface area contributed by atoms with E-state index in [1.165, 1.54) is 13.0 Å². The lowest BCUT2D eigenvalue weighted by Gasteiger charge is -2.34. The van der Waals surface area contributed by atoms with Gasteiger partial charge in [0.05, 0.1) is 17.8 Å². The van der Waals surface area contributed by atoms with Crippen molar-refractivity contribution in [3.05, 3.63) is 58.8 Å². The van der Waals surface area contributed by atoms with Crippen molar-refractivity contribution in [3.8, 4) is 0 Å². The average molecular weight is 496 g/mol. The number of piperidine rings is 1. The van der Waals surface area contributed by atoms with Crippen molar-refractivity contribution in [2.45, 2.75) is 45.3 Å². The maximum Gasteiger partial charge on any atom is 0.416 e. The fraction of sp³-hybridized carbons (Fsp3) is 0.440. The Morgan fingerprint density at radius 3 is 2.40 bits per heavy atom. The normalized spacial score (nSPS) is 15.5. The Balaban J connectivity index is 0.00000108. The smallest absolute Gasteiger partial charge is 0.365 e. The molecule has 1 saturated heterocycles.